The minimum absolute atomic E-state index is 0.0563. The zero-order valence-corrected chi connectivity index (χ0v) is 41.8. The Kier molecular flexibility index (Phi) is 9.09. The summed E-state index contributed by atoms with van der Waals surface area (Å²) in [6.45, 7) is 14.3. The zero-order valence-electron chi connectivity index (χ0n) is 41.8. The molecule has 14 rings (SSSR count). The number of anilines is 3. The lowest BCUT2D eigenvalue weighted by molar-refractivity contribution is 0.660. The molecular weight excluding hydrogens is 867 g/mol. The Morgan fingerprint density at radius 3 is 1.14 bits per heavy atom. The van der Waals surface area contributed by atoms with Crippen LogP contribution < -0.4 is 4.90 Å². The third-order valence-electron chi connectivity index (χ3n) is 17.1. The van der Waals surface area contributed by atoms with Crippen LogP contribution in [-0.4, -0.2) is 0 Å². The molecule has 0 aliphatic heterocycles. The molecule has 0 bridgehead atoms. The monoisotopic (exact) mass is 921 g/mol. The molecular formula is C71H55N. The van der Waals surface area contributed by atoms with Gasteiger partial charge in [-0.3, -0.25) is 0 Å². The van der Waals surface area contributed by atoms with E-state index in [0.29, 0.717) is 0 Å². The molecule has 0 radical (unpaired) electrons. The van der Waals surface area contributed by atoms with Gasteiger partial charge < -0.3 is 4.90 Å². The predicted octanol–water partition coefficient (Wildman–Crippen LogP) is 19.4. The van der Waals surface area contributed by atoms with Crippen LogP contribution in [0.1, 0.15) is 74.9 Å². The summed E-state index contributed by atoms with van der Waals surface area (Å²) in [7, 11) is 0. The van der Waals surface area contributed by atoms with E-state index in [2.05, 4.69) is 271 Å². The number of benzene rings is 11. The molecule has 0 fully saturated rings. The molecule has 0 saturated heterocycles. The van der Waals surface area contributed by atoms with Gasteiger partial charge in [-0.05, 0) is 182 Å². The Balaban J connectivity index is 0.854. The van der Waals surface area contributed by atoms with Crippen molar-refractivity contribution in [3.63, 3.8) is 0 Å². The van der Waals surface area contributed by atoms with E-state index >= 15 is 0 Å². The van der Waals surface area contributed by atoms with E-state index in [1.54, 1.807) is 0 Å². The lowest BCUT2D eigenvalue weighted by Crippen LogP contribution is -2.16. The van der Waals surface area contributed by atoms with E-state index in [-0.39, 0.29) is 16.2 Å². The second-order valence-electron chi connectivity index (χ2n) is 22.1. The lowest BCUT2D eigenvalue weighted by atomic mass is 9.81. The van der Waals surface area contributed by atoms with Gasteiger partial charge in [-0.2, -0.15) is 0 Å². The molecule has 0 spiro atoms. The molecule has 3 aliphatic rings. The van der Waals surface area contributed by atoms with E-state index in [0.717, 1.165) is 17.1 Å². The fourth-order valence-electron chi connectivity index (χ4n) is 13.1. The van der Waals surface area contributed by atoms with Crippen molar-refractivity contribution in [3.05, 3.63) is 258 Å². The van der Waals surface area contributed by atoms with Gasteiger partial charge in [0.25, 0.3) is 0 Å². The van der Waals surface area contributed by atoms with Crippen LogP contribution >= 0.6 is 0 Å². The maximum Gasteiger partial charge on any atom is 0.0465 e. The molecule has 0 aromatic heterocycles. The Hall–Kier alpha value is -8.26. The molecule has 3 aliphatic carbocycles. The van der Waals surface area contributed by atoms with Crippen LogP contribution in [-0.2, 0) is 16.2 Å². The first-order valence-electron chi connectivity index (χ1n) is 25.7. The van der Waals surface area contributed by atoms with Crippen molar-refractivity contribution in [1.82, 2.24) is 0 Å². The predicted molar refractivity (Wildman–Crippen MR) is 305 cm³/mol. The van der Waals surface area contributed by atoms with Gasteiger partial charge in [-0.15, -0.1) is 0 Å². The summed E-state index contributed by atoms with van der Waals surface area (Å²) in [6, 6.07) is 84.8. The van der Waals surface area contributed by atoms with Gasteiger partial charge in [0.05, 0.1) is 0 Å². The van der Waals surface area contributed by atoms with E-state index in [1.165, 1.54) is 122 Å². The van der Waals surface area contributed by atoms with E-state index in [4.69, 9.17) is 0 Å². The minimum Gasteiger partial charge on any atom is -0.310 e. The van der Waals surface area contributed by atoms with E-state index < -0.39 is 0 Å². The summed E-state index contributed by atoms with van der Waals surface area (Å²) in [6.07, 6.45) is 0. The molecule has 0 unspecified atom stereocenters. The second kappa shape index (κ2) is 15.4. The topological polar surface area (TPSA) is 3.24 Å². The molecule has 1 heteroatoms. The van der Waals surface area contributed by atoms with Crippen LogP contribution in [0.5, 0.6) is 0 Å². The smallest absolute Gasteiger partial charge is 0.0465 e. The molecule has 0 atom stereocenters. The second-order valence-corrected chi connectivity index (χ2v) is 22.1. The fraction of sp³-hybridized carbons (Fsp3) is 0.127. The van der Waals surface area contributed by atoms with Crippen LogP contribution in [0.2, 0.25) is 0 Å². The first-order chi connectivity index (χ1) is 34.9. The molecule has 72 heavy (non-hydrogen) atoms. The van der Waals surface area contributed by atoms with Gasteiger partial charge in [-0.25, -0.2) is 0 Å². The summed E-state index contributed by atoms with van der Waals surface area (Å²) in [5.74, 6) is 0. The van der Waals surface area contributed by atoms with Crippen LogP contribution in [0.15, 0.2) is 224 Å². The highest BCUT2D eigenvalue weighted by molar-refractivity contribution is 6.14. The number of nitrogens with zero attached hydrogens (tertiary/aromatic N) is 1. The Morgan fingerprint density at radius 2 is 0.597 bits per heavy atom. The van der Waals surface area contributed by atoms with Crippen LogP contribution in [0.4, 0.5) is 17.1 Å². The van der Waals surface area contributed by atoms with Crippen molar-refractivity contribution in [2.75, 3.05) is 4.90 Å². The summed E-state index contributed by atoms with van der Waals surface area (Å²) in [4.78, 5) is 2.45. The van der Waals surface area contributed by atoms with Gasteiger partial charge in [0.15, 0.2) is 0 Å². The molecule has 0 saturated carbocycles. The van der Waals surface area contributed by atoms with Crippen LogP contribution in [0, 0.1) is 0 Å². The Labute approximate surface area is 423 Å². The summed E-state index contributed by atoms with van der Waals surface area (Å²) in [5.41, 5.74) is 26.8. The Bertz CT molecular complexity index is 3900. The van der Waals surface area contributed by atoms with Crippen molar-refractivity contribution in [2.45, 2.75) is 57.8 Å². The first-order valence-corrected chi connectivity index (χ1v) is 25.7. The normalized spacial score (nSPS) is 14.9. The van der Waals surface area contributed by atoms with E-state index in [1.807, 2.05) is 0 Å². The highest BCUT2D eigenvalue weighted by Gasteiger charge is 2.38. The van der Waals surface area contributed by atoms with Gasteiger partial charge >= 0.3 is 0 Å². The van der Waals surface area contributed by atoms with Gasteiger partial charge in [0.2, 0.25) is 0 Å². The third-order valence-corrected chi connectivity index (χ3v) is 17.1. The van der Waals surface area contributed by atoms with Crippen molar-refractivity contribution in [3.8, 4) is 66.8 Å². The van der Waals surface area contributed by atoms with E-state index in [9.17, 15) is 0 Å². The molecule has 11 aromatic rings. The average Bonchev–Trinajstić information content (AvgIpc) is 3.90. The maximum atomic E-state index is 2.47. The zero-order chi connectivity index (χ0) is 48.7. The molecule has 11 aromatic carbocycles. The van der Waals surface area contributed by atoms with Crippen LogP contribution in [0.3, 0.4) is 0 Å². The standard InChI is InChI=1S/C71H55N/c1-69(2)63-21-13-11-19-56(63)58-35-27-46(40-65(58)69)44-23-30-50(31-24-44)72(51-32-25-45(26-33-51)47-28-36-59-57-20-12-14-22-64(57)70(3,4)66(59)41-47)52-34-38-61-60-37-29-49(42-67(60)71(5,6)68(61)43-52)62-39-48-15-7-8-16-53(48)54-17-9-10-18-55(54)62/h7-43H,1-6H3. The van der Waals surface area contributed by atoms with Crippen LogP contribution in [0.25, 0.3) is 88.3 Å². The maximum absolute atomic E-state index is 2.47. The minimum atomic E-state index is -0.231. The molecule has 0 amide bonds. The molecule has 1 nitrogen and oxygen atoms in total. The van der Waals surface area contributed by atoms with Crippen molar-refractivity contribution in [1.29, 1.82) is 0 Å². The first kappa shape index (κ1) is 42.6. The highest BCUT2D eigenvalue weighted by Crippen LogP contribution is 2.54. The Morgan fingerprint density at radius 1 is 0.236 bits per heavy atom. The lowest BCUT2D eigenvalue weighted by Gasteiger charge is -2.28. The molecule has 0 N–H and O–H groups in total. The quantitative estimate of drug-likeness (QED) is 0.150. The highest BCUT2D eigenvalue weighted by atomic mass is 15.1. The van der Waals surface area contributed by atoms with Gasteiger partial charge in [-0.1, -0.05) is 205 Å². The number of fused-ring (bicyclic) bond motifs is 12. The van der Waals surface area contributed by atoms with Gasteiger partial charge in [0, 0.05) is 33.3 Å². The molecule has 344 valence electrons. The number of hydrogen-bond acceptors (Lipinski definition) is 1. The average molecular weight is 922 g/mol. The fourth-order valence-corrected chi connectivity index (χ4v) is 13.1. The third kappa shape index (κ3) is 6.20. The summed E-state index contributed by atoms with van der Waals surface area (Å²) < 4.78 is 0. The summed E-state index contributed by atoms with van der Waals surface area (Å²) in [5, 5.41) is 5.15. The largest absolute Gasteiger partial charge is 0.310 e. The number of rotatable bonds is 6. The van der Waals surface area contributed by atoms with Gasteiger partial charge in [0.1, 0.15) is 0 Å². The summed E-state index contributed by atoms with van der Waals surface area (Å²) >= 11 is 0. The molecule has 0 heterocycles. The number of hydrogen-bond donors (Lipinski definition) is 0. The van der Waals surface area contributed by atoms with Crippen molar-refractivity contribution < 1.29 is 0 Å². The SMILES string of the molecule is CC1(C)c2ccccc2-c2ccc(-c3ccc(N(c4ccc(-c5ccc6c(c5)C(C)(C)c5ccccc5-6)cc4)c4ccc5c(c4)C(C)(C)c4cc(-c6cc7ccccc7c7ccccc67)ccc4-5)cc3)cc21. The van der Waals surface area contributed by atoms with Crippen molar-refractivity contribution >= 4 is 38.6 Å². The van der Waals surface area contributed by atoms with Crippen molar-refractivity contribution in [2.24, 2.45) is 0 Å².